The van der Waals surface area contributed by atoms with E-state index in [0.29, 0.717) is 6.42 Å². The Morgan fingerprint density at radius 2 is 2.15 bits per heavy atom. The van der Waals surface area contributed by atoms with Crippen LogP contribution in [0.4, 0.5) is 0 Å². The van der Waals surface area contributed by atoms with Crippen molar-refractivity contribution in [2.75, 3.05) is 0 Å². The molecule has 1 unspecified atom stereocenters. The minimum absolute atomic E-state index is 0.0195. The summed E-state index contributed by atoms with van der Waals surface area (Å²) < 4.78 is 1.91. The van der Waals surface area contributed by atoms with Gasteiger partial charge in [0, 0.05) is 17.5 Å². The molecule has 20 heavy (non-hydrogen) atoms. The fourth-order valence-corrected chi connectivity index (χ4v) is 2.55. The van der Waals surface area contributed by atoms with Crippen LogP contribution < -0.4 is 11.3 Å². The van der Waals surface area contributed by atoms with Crippen LogP contribution in [0, 0.1) is 6.92 Å². The van der Waals surface area contributed by atoms with Crippen LogP contribution in [0.15, 0.2) is 24.5 Å². The van der Waals surface area contributed by atoms with Crippen molar-refractivity contribution in [2.24, 2.45) is 5.84 Å². The highest BCUT2D eigenvalue weighted by Crippen LogP contribution is 2.24. The highest BCUT2D eigenvalue weighted by Gasteiger charge is 2.17. The summed E-state index contributed by atoms with van der Waals surface area (Å²) in [4.78, 5) is 4.33. The Hall–Kier alpha value is -1.43. The Kier molecular flexibility index (Phi) is 4.75. The number of aromatic nitrogens is 3. The van der Waals surface area contributed by atoms with E-state index in [-0.39, 0.29) is 12.1 Å². The van der Waals surface area contributed by atoms with Crippen molar-refractivity contribution in [1.82, 2.24) is 20.2 Å². The van der Waals surface area contributed by atoms with Gasteiger partial charge in [-0.2, -0.15) is 5.10 Å². The number of nitrogens with zero attached hydrogens (tertiary/aromatic N) is 3. The molecule has 2 aromatic rings. The summed E-state index contributed by atoms with van der Waals surface area (Å²) in [5, 5.41) is 4.98. The van der Waals surface area contributed by atoms with Gasteiger partial charge in [-0.3, -0.25) is 11.3 Å². The molecule has 0 saturated heterocycles. The zero-order chi connectivity index (χ0) is 14.7. The van der Waals surface area contributed by atoms with E-state index in [4.69, 9.17) is 17.4 Å². The van der Waals surface area contributed by atoms with Gasteiger partial charge in [-0.1, -0.05) is 17.7 Å². The lowest BCUT2D eigenvalue weighted by Crippen LogP contribution is -2.31. The van der Waals surface area contributed by atoms with Crippen LogP contribution >= 0.6 is 11.6 Å². The van der Waals surface area contributed by atoms with Crippen LogP contribution in [0.2, 0.25) is 5.02 Å². The van der Waals surface area contributed by atoms with Gasteiger partial charge in [0.05, 0.1) is 6.04 Å². The van der Waals surface area contributed by atoms with Crippen LogP contribution in [-0.2, 0) is 6.42 Å². The summed E-state index contributed by atoms with van der Waals surface area (Å²) in [6, 6.07) is 6.07. The zero-order valence-corrected chi connectivity index (χ0v) is 12.7. The Labute approximate surface area is 124 Å². The van der Waals surface area contributed by atoms with Crippen LogP contribution in [0.1, 0.15) is 42.9 Å². The predicted molar refractivity (Wildman–Crippen MR) is 80.4 cm³/mol. The first-order valence-corrected chi connectivity index (χ1v) is 7.01. The molecular formula is C14H20ClN5. The number of nitrogens with two attached hydrogens (primary N) is 1. The molecule has 0 aliphatic heterocycles. The highest BCUT2D eigenvalue weighted by atomic mass is 35.5. The third-order valence-corrected chi connectivity index (χ3v) is 3.57. The molecule has 1 heterocycles. The second-order valence-corrected chi connectivity index (χ2v) is 5.58. The molecule has 0 fully saturated rings. The molecule has 1 aromatic carbocycles. The largest absolute Gasteiger partial charge is 0.271 e. The van der Waals surface area contributed by atoms with Gasteiger partial charge in [-0.25, -0.2) is 9.67 Å². The van der Waals surface area contributed by atoms with E-state index in [0.717, 1.165) is 22.0 Å². The van der Waals surface area contributed by atoms with E-state index in [1.165, 1.54) is 0 Å². The van der Waals surface area contributed by atoms with Crippen LogP contribution in [-0.4, -0.2) is 14.8 Å². The van der Waals surface area contributed by atoms with Gasteiger partial charge in [-0.15, -0.1) is 0 Å². The Morgan fingerprint density at radius 1 is 1.40 bits per heavy atom. The molecule has 0 radical (unpaired) electrons. The molecule has 5 nitrogen and oxygen atoms in total. The number of nitrogens with one attached hydrogen (secondary N) is 1. The van der Waals surface area contributed by atoms with Crippen molar-refractivity contribution in [3.8, 4) is 0 Å². The summed E-state index contributed by atoms with van der Waals surface area (Å²) in [5.41, 5.74) is 5.09. The molecular weight excluding hydrogens is 274 g/mol. The number of halogens is 1. The zero-order valence-electron chi connectivity index (χ0n) is 12.0. The standard InChI is InChI=1S/C14H20ClN5/c1-9(2)20-14(17-8-18-20)7-13(19-16)12-5-4-11(15)6-10(12)3/h4-6,8-9,13,19H,7,16H2,1-3H3. The monoisotopic (exact) mass is 293 g/mol. The lowest BCUT2D eigenvalue weighted by Gasteiger charge is -2.19. The van der Waals surface area contributed by atoms with Gasteiger partial charge >= 0.3 is 0 Å². The van der Waals surface area contributed by atoms with Crippen molar-refractivity contribution in [3.05, 3.63) is 46.5 Å². The molecule has 0 bridgehead atoms. The summed E-state index contributed by atoms with van der Waals surface area (Å²) in [7, 11) is 0. The summed E-state index contributed by atoms with van der Waals surface area (Å²) in [6.45, 7) is 6.19. The van der Waals surface area contributed by atoms with E-state index >= 15 is 0 Å². The third kappa shape index (κ3) is 3.17. The van der Waals surface area contributed by atoms with Crippen molar-refractivity contribution in [3.63, 3.8) is 0 Å². The number of aryl methyl sites for hydroxylation is 1. The van der Waals surface area contributed by atoms with Gasteiger partial charge in [0.2, 0.25) is 0 Å². The van der Waals surface area contributed by atoms with Gasteiger partial charge in [-0.05, 0) is 44.0 Å². The fraction of sp³-hybridized carbons (Fsp3) is 0.429. The van der Waals surface area contributed by atoms with Crippen molar-refractivity contribution < 1.29 is 0 Å². The number of hydrogen-bond acceptors (Lipinski definition) is 4. The number of benzene rings is 1. The quantitative estimate of drug-likeness (QED) is 0.657. The van der Waals surface area contributed by atoms with Gasteiger partial charge in [0.15, 0.2) is 0 Å². The van der Waals surface area contributed by atoms with Crippen LogP contribution in [0.5, 0.6) is 0 Å². The maximum Gasteiger partial charge on any atom is 0.138 e. The molecule has 0 amide bonds. The van der Waals surface area contributed by atoms with E-state index in [1.54, 1.807) is 6.33 Å². The number of hydrazine groups is 1. The van der Waals surface area contributed by atoms with Crippen LogP contribution in [0.25, 0.3) is 0 Å². The maximum absolute atomic E-state index is 6.00. The van der Waals surface area contributed by atoms with E-state index in [2.05, 4.69) is 29.4 Å². The first-order valence-electron chi connectivity index (χ1n) is 6.63. The van der Waals surface area contributed by atoms with Gasteiger partial charge in [0.1, 0.15) is 12.2 Å². The SMILES string of the molecule is Cc1cc(Cl)ccc1C(Cc1ncnn1C(C)C)NN. The molecule has 6 heteroatoms. The molecule has 0 aliphatic rings. The lowest BCUT2D eigenvalue weighted by atomic mass is 9.99. The van der Waals surface area contributed by atoms with E-state index in [9.17, 15) is 0 Å². The van der Waals surface area contributed by atoms with Crippen molar-refractivity contribution in [1.29, 1.82) is 0 Å². The third-order valence-electron chi connectivity index (χ3n) is 3.33. The number of hydrogen-bond donors (Lipinski definition) is 2. The number of rotatable bonds is 5. The molecule has 0 aliphatic carbocycles. The predicted octanol–water partition coefficient (Wildman–Crippen LogP) is 2.57. The second kappa shape index (κ2) is 6.35. The Bertz CT molecular complexity index is 579. The molecule has 0 spiro atoms. The fourth-order valence-electron chi connectivity index (χ4n) is 2.32. The van der Waals surface area contributed by atoms with Crippen LogP contribution in [0.3, 0.4) is 0 Å². The average Bonchev–Trinajstić information content (AvgIpc) is 2.85. The first-order chi connectivity index (χ1) is 9.52. The van der Waals surface area contributed by atoms with Gasteiger partial charge in [0.25, 0.3) is 0 Å². The second-order valence-electron chi connectivity index (χ2n) is 5.14. The Balaban J connectivity index is 2.27. The lowest BCUT2D eigenvalue weighted by molar-refractivity contribution is 0.468. The highest BCUT2D eigenvalue weighted by molar-refractivity contribution is 6.30. The first kappa shape index (κ1) is 15.0. The molecule has 1 atom stereocenters. The van der Waals surface area contributed by atoms with Crippen molar-refractivity contribution in [2.45, 2.75) is 39.3 Å². The van der Waals surface area contributed by atoms with E-state index in [1.807, 2.05) is 29.8 Å². The molecule has 0 saturated carbocycles. The van der Waals surface area contributed by atoms with Gasteiger partial charge < -0.3 is 0 Å². The smallest absolute Gasteiger partial charge is 0.138 e. The molecule has 3 N–H and O–H groups in total. The summed E-state index contributed by atoms with van der Waals surface area (Å²) in [5.74, 6) is 6.63. The molecule has 108 valence electrons. The summed E-state index contributed by atoms with van der Waals surface area (Å²) in [6.07, 6.45) is 2.26. The normalized spacial score (nSPS) is 12.9. The average molecular weight is 294 g/mol. The summed E-state index contributed by atoms with van der Waals surface area (Å²) >= 11 is 6.00. The molecule has 2 rings (SSSR count). The minimum atomic E-state index is -0.0195. The molecule has 1 aromatic heterocycles. The Morgan fingerprint density at radius 3 is 2.75 bits per heavy atom. The minimum Gasteiger partial charge on any atom is -0.271 e. The van der Waals surface area contributed by atoms with E-state index < -0.39 is 0 Å². The van der Waals surface area contributed by atoms with Crippen molar-refractivity contribution >= 4 is 11.6 Å². The maximum atomic E-state index is 6.00. The topological polar surface area (TPSA) is 68.8 Å².